The van der Waals surface area contributed by atoms with Crippen LogP contribution in [-0.4, -0.2) is 18.0 Å². The zero-order valence-corrected chi connectivity index (χ0v) is 37.7. The predicted octanol–water partition coefficient (Wildman–Crippen LogP) is 16.2. The van der Waals surface area contributed by atoms with Crippen molar-refractivity contribution in [1.29, 1.82) is 0 Å². The molecule has 1 aliphatic heterocycles. The van der Waals surface area contributed by atoms with Crippen LogP contribution in [0.15, 0.2) is 60.2 Å². The van der Waals surface area contributed by atoms with Crippen molar-refractivity contribution in [2.24, 2.45) is 5.92 Å². The third kappa shape index (κ3) is 19.3. The summed E-state index contributed by atoms with van der Waals surface area (Å²) in [6, 6.07) is 12.2. The van der Waals surface area contributed by atoms with Crippen molar-refractivity contribution in [1.82, 2.24) is 4.90 Å². The van der Waals surface area contributed by atoms with Gasteiger partial charge in [0.1, 0.15) is 0 Å². The number of allylic oxidation sites excluding steroid dienone is 5. The molecule has 1 saturated heterocycles. The van der Waals surface area contributed by atoms with Gasteiger partial charge in [-0.25, -0.2) is 0 Å². The minimum absolute atomic E-state index is 0.608. The van der Waals surface area contributed by atoms with Crippen LogP contribution in [0.1, 0.15) is 196 Å². The molecule has 1 aliphatic rings. The average molecular weight is 692 g/mol. The van der Waals surface area contributed by atoms with Crippen molar-refractivity contribution in [3.05, 3.63) is 99.2 Å². The summed E-state index contributed by atoms with van der Waals surface area (Å²) in [5, 5.41) is 0. The second-order valence-corrected chi connectivity index (χ2v) is 12.3. The number of hydrogen-bond donors (Lipinski definition) is 0. The molecule has 1 nitrogen and oxygen atoms in total. The quantitative estimate of drug-likeness (QED) is 0.200. The Kier molecular flexibility index (Phi) is 38.1. The molecule has 0 aromatic heterocycles. The molecule has 0 aliphatic carbocycles. The van der Waals surface area contributed by atoms with Gasteiger partial charge in [0.05, 0.1) is 0 Å². The Bertz CT molecular complexity index is 1150. The smallest absolute Gasteiger partial charge is 0.0239 e. The van der Waals surface area contributed by atoms with Gasteiger partial charge in [0.25, 0.3) is 0 Å². The average Bonchev–Trinajstić information content (AvgIpc) is 3.13. The van der Waals surface area contributed by atoms with Crippen LogP contribution in [0.4, 0.5) is 0 Å². The van der Waals surface area contributed by atoms with Gasteiger partial charge in [-0.15, -0.1) is 0 Å². The summed E-state index contributed by atoms with van der Waals surface area (Å²) in [5.74, 6) is 1.38. The molecule has 0 N–H and O–H groups in total. The van der Waals surface area contributed by atoms with E-state index in [0.717, 1.165) is 18.9 Å². The highest BCUT2D eigenvalue weighted by Crippen LogP contribution is 2.32. The topological polar surface area (TPSA) is 3.24 Å². The Morgan fingerprint density at radius 1 is 0.800 bits per heavy atom. The van der Waals surface area contributed by atoms with Crippen LogP contribution in [-0.2, 0) is 25.8 Å². The summed E-state index contributed by atoms with van der Waals surface area (Å²) in [6.45, 7) is 49.8. The van der Waals surface area contributed by atoms with E-state index in [9.17, 15) is 0 Å². The minimum atomic E-state index is 0.608. The molecule has 0 radical (unpaired) electrons. The van der Waals surface area contributed by atoms with E-state index in [4.69, 9.17) is 0 Å². The lowest BCUT2D eigenvalue weighted by Crippen LogP contribution is -2.47. The van der Waals surface area contributed by atoms with Gasteiger partial charge in [0.2, 0.25) is 0 Å². The molecule has 290 valence electrons. The first-order chi connectivity index (χ1) is 24.1. The van der Waals surface area contributed by atoms with Crippen LogP contribution >= 0.6 is 0 Å². The van der Waals surface area contributed by atoms with Crippen LogP contribution in [0.25, 0.3) is 5.57 Å². The minimum Gasteiger partial charge on any atom is -0.298 e. The van der Waals surface area contributed by atoms with Gasteiger partial charge in [0.15, 0.2) is 0 Å². The Morgan fingerprint density at radius 3 is 1.74 bits per heavy atom. The summed E-state index contributed by atoms with van der Waals surface area (Å²) in [6.07, 6.45) is 11.4. The Labute approximate surface area is 317 Å². The molecule has 1 heterocycles. The number of aryl methyl sites for hydroxylation is 3. The molecule has 2 aromatic rings. The van der Waals surface area contributed by atoms with Crippen molar-refractivity contribution in [2.75, 3.05) is 13.1 Å². The van der Waals surface area contributed by atoms with E-state index in [1.807, 2.05) is 75.3 Å². The predicted molar refractivity (Wildman–Crippen MR) is 237 cm³/mol. The van der Waals surface area contributed by atoms with E-state index >= 15 is 0 Å². The number of rotatable bonds is 12. The van der Waals surface area contributed by atoms with Crippen molar-refractivity contribution in [2.45, 2.75) is 189 Å². The highest BCUT2D eigenvalue weighted by molar-refractivity contribution is 5.80. The van der Waals surface area contributed by atoms with Crippen LogP contribution in [0.5, 0.6) is 0 Å². The summed E-state index contributed by atoms with van der Waals surface area (Å²) < 4.78 is 0. The maximum absolute atomic E-state index is 3.98. The fraction of sp³-hybridized carbons (Fsp3) is 0.633. The molecule has 1 fully saturated rings. The first-order valence-corrected chi connectivity index (χ1v) is 21.1. The standard InChI is InChI=1S/C36H51N.C3H8.5C2H6/c1-10-14-31-20-29(16-17-35(31)25(5)6)19-30-22-37(23-30)24-36-27(8)18-33(21-32(36)15-11-2)34(13-4)28(9)26(7)12-3;1-3-2;5*1-2/h12-13,16-18,20-21,25,30H,3,10-11,14-15,19,22-24H2,1-2,4-9H3;3H2,1-2H3;5*1-2H3/b28-26-,34-13+;;;;;;. The molecule has 0 spiro atoms. The molecule has 0 atom stereocenters. The lowest BCUT2D eigenvalue weighted by Gasteiger charge is -2.40. The molecular formula is C49H89N. The van der Waals surface area contributed by atoms with E-state index < -0.39 is 0 Å². The molecule has 0 saturated carbocycles. The van der Waals surface area contributed by atoms with Gasteiger partial charge in [-0.1, -0.05) is 179 Å². The molecule has 0 bridgehead atoms. The van der Waals surface area contributed by atoms with E-state index in [2.05, 4.69) is 117 Å². The Hall–Kier alpha value is -2.38. The van der Waals surface area contributed by atoms with Gasteiger partial charge < -0.3 is 0 Å². The summed E-state index contributed by atoms with van der Waals surface area (Å²) in [7, 11) is 0. The van der Waals surface area contributed by atoms with Gasteiger partial charge in [-0.3, -0.25) is 4.90 Å². The maximum Gasteiger partial charge on any atom is 0.0239 e. The lowest BCUT2D eigenvalue weighted by atomic mass is 9.86. The van der Waals surface area contributed by atoms with E-state index in [0.29, 0.717) is 5.92 Å². The number of nitrogens with zero attached hydrogens (tertiary/aromatic N) is 1. The van der Waals surface area contributed by atoms with Crippen LogP contribution in [0.2, 0.25) is 0 Å². The second kappa shape index (κ2) is 35.0. The van der Waals surface area contributed by atoms with Gasteiger partial charge in [0, 0.05) is 19.6 Å². The van der Waals surface area contributed by atoms with Crippen molar-refractivity contribution in [3.63, 3.8) is 0 Å². The second-order valence-electron chi connectivity index (χ2n) is 12.3. The molecule has 3 rings (SSSR count). The number of likely N-dealkylation sites (tertiary alicyclic amines) is 1. The summed E-state index contributed by atoms with van der Waals surface area (Å²) in [4.78, 5) is 2.66. The molecular weight excluding hydrogens is 603 g/mol. The number of hydrogen-bond acceptors (Lipinski definition) is 1. The molecule has 0 amide bonds. The van der Waals surface area contributed by atoms with Gasteiger partial charge >= 0.3 is 0 Å². The third-order valence-corrected chi connectivity index (χ3v) is 8.27. The fourth-order valence-corrected chi connectivity index (χ4v) is 6.06. The first-order valence-electron chi connectivity index (χ1n) is 21.1. The fourth-order valence-electron chi connectivity index (χ4n) is 6.06. The zero-order valence-electron chi connectivity index (χ0n) is 37.7. The zero-order chi connectivity index (χ0) is 39.8. The molecule has 2 aromatic carbocycles. The Morgan fingerprint density at radius 2 is 1.30 bits per heavy atom. The normalized spacial score (nSPS) is 12.5. The van der Waals surface area contributed by atoms with Crippen molar-refractivity contribution in [3.8, 4) is 0 Å². The summed E-state index contributed by atoms with van der Waals surface area (Å²) in [5.41, 5.74) is 14.4. The van der Waals surface area contributed by atoms with Crippen LogP contribution in [0.3, 0.4) is 0 Å². The molecule has 50 heavy (non-hydrogen) atoms. The van der Waals surface area contributed by atoms with Gasteiger partial charge in [-0.2, -0.15) is 0 Å². The third-order valence-electron chi connectivity index (χ3n) is 8.27. The lowest BCUT2D eigenvalue weighted by molar-refractivity contribution is 0.0921. The van der Waals surface area contributed by atoms with Crippen molar-refractivity contribution < 1.29 is 0 Å². The highest BCUT2D eigenvalue weighted by atomic mass is 15.2. The van der Waals surface area contributed by atoms with Crippen LogP contribution in [0, 0.1) is 12.8 Å². The maximum atomic E-state index is 3.98. The van der Waals surface area contributed by atoms with E-state index in [-0.39, 0.29) is 0 Å². The number of benzene rings is 2. The summed E-state index contributed by atoms with van der Waals surface area (Å²) >= 11 is 0. The van der Waals surface area contributed by atoms with E-state index in [1.54, 1.807) is 11.1 Å². The highest BCUT2D eigenvalue weighted by Gasteiger charge is 2.28. The van der Waals surface area contributed by atoms with Gasteiger partial charge in [-0.05, 0) is 114 Å². The molecule has 1 heteroatoms. The first kappa shape index (κ1) is 54.4. The van der Waals surface area contributed by atoms with Crippen molar-refractivity contribution >= 4 is 5.57 Å². The SMILES string of the molecule is C=C/C(C)=C(C)\C(=C/C)c1cc(C)c(CN2CC(Cc3ccc(C(C)C)c(CCC)c3)C2)c(CCC)c1.CC.CC.CC.CC.CC.CCC. The largest absolute Gasteiger partial charge is 0.298 e. The van der Waals surface area contributed by atoms with Crippen LogP contribution < -0.4 is 0 Å². The molecule has 0 unspecified atom stereocenters. The monoisotopic (exact) mass is 692 g/mol. The Balaban J connectivity index is -0.000000724. The van der Waals surface area contributed by atoms with E-state index in [1.165, 1.54) is 89.7 Å².